The molecular weight excluding hydrogens is 350 g/mol. The molecule has 0 atom stereocenters. The Kier molecular flexibility index (Phi) is 7.17. The standard InChI is InChI=1S/C19H25N3O3S/c1-3-4-14-20-19(23)21-17-10-12-18(13-11-17)26(24,25)22(2)15-16-8-6-5-7-9-16/h5-13H,3-4,14-15H2,1-2H3,(H2,20,21,23). The van der Waals surface area contributed by atoms with Crippen molar-refractivity contribution in [2.75, 3.05) is 18.9 Å². The van der Waals surface area contributed by atoms with E-state index in [1.54, 1.807) is 19.2 Å². The molecule has 2 aromatic rings. The van der Waals surface area contributed by atoms with Gasteiger partial charge in [-0.15, -0.1) is 0 Å². The predicted octanol–water partition coefficient (Wildman–Crippen LogP) is 3.43. The summed E-state index contributed by atoms with van der Waals surface area (Å²) in [4.78, 5) is 11.9. The van der Waals surface area contributed by atoms with Gasteiger partial charge in [-0.05, 0) is 36.2 Å². The van der Waals surface area contributed by atoms with Gasteiger partial charge in [0.25, 0.3) is 0 Å². The lowest BCUT2D eigenvalue weighted by Gasteiger charge is -2.17. The summed E-state index contributed by atoms with van der Waals surface area (Å²) in [6.07, 6.45) is 1.92. The fourth-order valence-electron chi connectivity index (χ4n) is 2.37. The van der Waals surface area contributed by atoms with Gasteiger partial charge in [-0.2, -0.15) is 4.31 Å². The Morgan fingerprint density at radius 3 is 2.31 bits per heavy atom. The van der Waals surface area contributed by atoms with Gasteiger partial charge in [-0.3, -0.25) is 0 Å². The Bertz CT molecular complexity index is 806. The molecule has 2 rings (SSSR count). The summed E-state index contributed by atoms with van der Waals surface area (Å²) in [5.74, 6) is 0. The Balaban J connectivity index is 2.00. The Morgan fingerprint density at radius 2 is 1.69 bits per heavy atom. The monoisotopic (exact) mass is 375 g/mol. The largest absolute Gasteiger partial charge is 0.338 e. The minimum Gasteiger partial charge on any atom is -0.338 e. The molecule has 0 saturated heterocycles. The zero-order chi connectivity index (χ0) is 19.0. The van der Waals surface area contributed by atoms with Crippen LogP contribution < -0.4 is 10.6 Å². The first-order valence-corrected chi connectivity index (χ1v) is 10.0. The number of hydrogen-bond donors (Lipinski definition) is 2. The van der Waals surface area contributed by atoms with E-state index in [4.69, 9.17) is 0 Å². The Labute approximate surface area is 155 Å². The Morgan fingerprint density at radius 1 is 1.04 bits per heavy atom. The molecule has 0 aliphatic rings. The predicted molar refractivity (Wildman–Crippen MR) is 103 cm³/mol. The van der Waals surface area contributed by atoms with Crippen LogP contribution in [0, 0.1) is 0 Å². The van der Waals surface area contributed by atoms with E-state index in [9.17, 15) is 13.2 Å². The van der Waals surface area contributed by atoms with E-state index in [1.165, 1.54) is 16.4 Å². The minimum atomic E-state index is -3.59. The number of urea groups is 1. The highest BCUT2D eigenvalue weighted by atomic mass is 32.2. The molecule has 2 N–H and O–H groups in total. The highest BCUT2D eigenvalue weighted by Gasteiger charge is 2.20. The van der Waals surface area contributed by atoms with E-state index in [0.717, 1.165) is 18.4 Å². The molecule has 0 radical (unpaired) electrons. The second-order valence-corrected chi connectivity index (χ2v) is 8.05. The normalized spacial score (nSPS) is 11.3. The summed E-state index contributed by atoms with van der Waals surface area (Å²) in [5.41, 5.74) is 1.46. The van der Waals surface area contributed by atoms with Crippen LogP contribution in [0.5, 0.6) is 0 Å². The van der Waals surface area contributed by atoms with Crippen LogP contribution in [-0.4, -0.2) is 32.3 Å². The highest BCUT2D eigenvalue weighted by Crippen LogP contribution is 2.19. The number of carbonyl (C=O) groups is 1. The van der Waals surface area contributed by atoms with Crippen molar-refractivity contribution in [1.29, 1.82) is 0 Å². The lowest BCUT2D eigenvalue weighted by atomic mass is 10.2. The van der Waals surface area contributed by atoms with Crippen molar-refractivity contribution < 1.29 is 13.2 Å². The minimum absolute atomic E-state index is 0.188. The zero-order valence-corrected chi connectivity index (χ0v) is 15.9. The van der Waals surface area contributed by atoms with E-state index in [0.29, 0.717) is 18.8 Å². The summed E-state index contributed by atoms with van der Waals surface area (Å²) in [7, 11) is -2.04. The maximum atomic E-state index is 12.7. The molecule has 0 bridgehead atoms. The molecule has 140 valence electrons. The van der Waals surface area contributed by atoms with Gasteiger partial charge in [0, 0.05) is 25.8 Å². The number of amides is 2. The number of hydrogen-bond acceptors (Lipinski definition) is 3. The summed E-state index contributed by atoms with van der Waals surface area (Å²) in [5, 5.41) is 5.44. The number of benzene rings is 2. The van der Waals surface area contributed by atoms with Crippen molar-refractivity contribution in [3.05, 3.63) is 60.2 Å². The van der Waals surface area contributed by atoms with Crippen LogP contribution in [0.3, 0.4) is 0 Å². The van der Waals surface area contributed by atoms with Crippen LogP contribution in [-0.2, 0) is 16.6 Å². The molecule has 26 heavy (non-hydrogen) atoms. The number of unbranched alkanes of at least 4 members (excludes halogenated alkanes) is 1. The lowest BCUT2D eigenvalue weighted by Crippen LogP contribution is -2.29. The third kappa shape index (κ3) is 5.57. The van der Waals surface area contributed by atoms with Crippen LogP contribution in [0.25, 0.3) is 0 Å². The summed E-state index contributed by atoms with van der Waals surface area (Å²) >= 11 is 0. The number of sulfonamides is 1. The summed E-state index contributed by atoms with van der Waals surface area (Å²) in [6, 6.07) is 15.3. The molecule has 0 aliphatic carbocycles. The average molecular weight is 375 g/mol. The van der Waals surface area contributed by atoms with Gasteiger partial charge in [-0.25, -0.2) is 13.2 Å². The van der Waals surface area contributed by atoms with Gasteiger partial charge < -0.3 is 10.6 Å². The molecule has 0 unspecified atom stereocenters. The number of nitrogens with zero attached hydrogens (tertiary/aromatic N) is 1. The van der Waals surface area contributed by atoms with Crippen molar-refractivity contribution in [2.45, 2.75) is 31.2 Å². The van der Waals surface area contributed by atoms with Gasteiger partial charge in [0.2, 0.25) is 10.0 Å². The van der Waals surface area contributed by atoms with Crippen LogP contribution >= 0.6 is 0 Å². The van der Waals surface area contributed by atoms with Crippen LogP contribution in [0.4, 0.5) is 10.5 Å². The molecule has 0 heterocycles. The fourth-order valence-corrected chi connectivity index (χ4v) is 3.53. The first-order chi connectivity index (χ1) is 12.4. The van der Waals surface area contributed by atoms with Gasteiger partial charge >= 0.3 is 6.03 Å². The molecular formula is C19H25N3O3S. The van der Waals surface area contributed by atoms with Crippen molar-refractivity contribution in [3.63, 3.8) is 0 Å². The van der Waals surface area contributed by atoms with Crippen molar-refractivity contribution in [1.82, 2.24) is 9.62 Å². The Hall–Kier alpha value is -2.38. The summed E-state index contributed by atoms with van der Waals surface area (Å²) < 4.78 is 26.6. The van der Waals surface area contributed by atoms with Crippen LogP contribution in [0.2, 0.25) is 0 Å². The quantitative estimate of drug-likeness (QED) is 0.694. The van der Waals surface area contributed by atoms with E-state index in [-0.39, 0.29) is 10.9 Å². The number of carbonyl (C=O) groups excluding carboxylic acids is 1. The van der Waals surface area contributed by atoms with Crippen molar-refractivity contribution in [2.24, 2.45) is 0 Å². The smallest absolute Gasteiger partial charge is 0.319 e. The third-order valence-electron chi connectivity index (χ3n) is 3.88. The fraction of sp³-hybridized carbons (Fsp3) is 0.316. The first kappa shape index (κ1) is 19.9. The topological polar surface area (TPSA) is 78.5 Å². The van der Waals surface area contributed by atoms with E-state index in [1.807, 2.05) is 37.3 Å². The van der Waals surface area contributed by atoms with Gasteiger partial charge in [0.1, 0.15) is 0 Å². The lowest BCUT2D eigenvalue weighted by molar-refractivity contribution is 0.252. The highest BCUT2D eigenvalue weighted by molar-refractivity contribution is 7.89. The second kappa shape index (κ2) is 9.35. The molecule has 0 fully saturated rings. The van der Waals surface area contributed by atoms with Gasteiger partial charge in [0.15, 0.2) is 0 Å². The number of rotatable bonds is 8. The molecule has 0 aromatic heterocycles. The molecule has 0 saturated carbocycles. The van der Waals surface area contributed by atoms with Crippen LogP contribution in [0.1, 0.15) is 25.3 Å². The number of anilines is 1. The van der Waals surface area contributed by atoms with Crippen molar-refractivity contribution >= 4 is 21.7 Å². The molecule has 0 spiro atoms. The van der Waals surface area contributed by atoms with Crippen LogP contribution in [0.15, 0.2) is 59.5 Å². The zero-order valence-electron chi connectivity index (χ0n) is 15.1. The SMILES string of the molecule is CCCCNC(=O)Nc1ccc(S(=O)(=O)N(C)Cc2ccccc2)cc1. The second-order valence-electron chi connectivity index (χ2n) is 6.01. The molecule has 6 nitrogen and oxygen atoms in total. The molecule has 0 aliphatic heterocycles. The van der Waals surface area contributed by atoms with Gasteiger partial charge in [0.05, 0.1) is 4.90 Å². The van der Waals surface area contributed by atoms with Crippen molar-refractivity contribution in [3.8, 4) is 0 Å². The first-order valence-electron chi connectivity index (χ1n) is 8.58. The number of nitrogens with one attached hydrogen (secondary N) is 2. The maximum Gasteiger partial charge on any atom is 0.319 e. The average Bonchev–Trinajstić information content (AvgIpc) is 2.63. The molecule has 2 amide bonds. The molecule has 7 heteroatoms. The third-order valence-corrected chi connectivity index (χ3v) is 5.70. The van der Waals surface area contributed by atoms with E-state index < -0.39 is 10.0 Å². The maximum absolute atomic E-state index is 12.7. The molecule has 2 aromatic carbocycles. The summed E-state index contributed by atoms with van der Waals surface area (Å²) in [6.45, 7) is 2.95. The van der Waals surface area contributed by atoms with Gasteiger partial charge in [-0.1, -0.05) is 43.7 Å². The van der Waals surface area contributed by atoms with E-state index >= 15 is 0 Å². The van der Waals surface area contributed by atoms with E-state index in [2.05, 4.69) is 10.6 Å².